The normalized spacial score (nSPS) is 17.8. The van der Waals surface area contributed by atoms with Crippen LogP contribution in [-0.2, 0) is 10.3 Å². The third kappa shape index (κ3) is 4.15. The van der Waals surface area contributed by atoms with E-state index in [1.54, 1.807) is 57.4 Å². The van der Waals surface area contributed by atoms with Crippen LogP contribution in [0, 0.1) is 5.82 Å². The van der Waals surface area contributed by atoms with Crippen molar-refractivity contribution in [1.29, 1.82) is 0 Å². The van der Waals surface area contributed by atoms with Gasteiger partial charge in [0.05, 0.1) is 22.8 Å². The van der Waals surface area contributed by atoms with Crippen molar-refractivity contribution < 1.29 is 27.8 Å². The Kier molecular flexibility index (Phi) is 5.77. The van der Waals surface area contributed by atoms with E-state index in [-0.39, 0.29) is 5.75 Å². The quantitative estimate of drug-likeness (QED) is 0.378. The molecule has 1 aliphatic heterocycles. The van der Waals surface area contributed by atoms with Gasteiger partial charge in [0, 0.05) is 42.5 Å². The van der Waals surface area contributed by atoms with Crippen molar-refractivity contribution >= 4 is 11.0 Å². The van der Waals surface area contributed by atoms with Gasteiger partial charge in [0.2, 0.25) is 0 Å². The molecule has 0 saturated heterocycles. The lowest BCUT2D eigenvalue weighted by molar-refractivity contribution is -0.0507. The van der Waals surface area contributed by atoms with E-state index in [1.165, 1.54) is 18.3 Å². The number of hydrogen-bond donors (Lipinski definition) is 1. The molecule has 6 nitrogen and oxygen atoms in total. The number of fused-ring (bicyclic) bond motifs is 3. The first-order valence-corrected chi connectivity index (χ1v) is 11.1. The lowest BCUT2D eigenvalue weighted by atomic mass is 10.0. The number of halogens is 3. The van der Waals surface area contributed by atoms with Crippen LogP contribution in [0.4, 0.5) is 13.2 Å². The van der Waals surface area contributed by atoms with E-state index in [2.05, 4.69) is 9.97 Å². The van der Waals surface area contributed by atoms with Crippen molar-refractivity contribution in [3.63, 3.8) is 0 Å². The van der Waals surface area contributed by atoms with Gasteiger partial charge in [0.1, 0.15) is 29.1 Å². The molecule has 4 aromatic rings. The maximum absolute atomic E-state index is 15.1. The second-order valence-corrected chi connectivity index (χ2v) is 9.04. The number of ether oxygens (including phenoxy) is 2. The van der Waals surface area contributed by atoms with Crippen LogP contribution in [0.3, 0.4) is 0 Å². The SMILES string of the molecule is CO[C@@H]1C[C@H](c2ccccc2OC(F)F)n2c1nc1cc(F)c(-c3ccc(C(C)(C)O)nc3)cc12. The summed E-state index contributed by atoms with van der Waals surface area (Å²) in [5, 5.41) is 10.2. The van der Waals surface area contributed by atoms with Crippen molar-refractivity contribution in [3.05, 3.63) is 77.6 Å². The molecule has 2 aromatic heterocycles. The number of para-hydroxylation sites is 1. The van der Waals surface area contributed by atoms with Crippen LogP contribution < -0.4 is 4.74 Å². The minimum absolute atomic E-state index is 0.0748. The molecule has 0 fully saturated rings. The predicted octanol–water partition coefficient (Wildman–Crippen LogP) is 5.75. The molecule has 9 heteroatoms. The lowest BCUT2D eigenvalue weighted by Gasteiger charge is -2.19. The second kappa shape index (κ2) is 8.66. The Labute approximate surface area is 200 Å². The summed E-state index contributed by atoms with van der Waals surface area (Å²) in [4.78, 5) is 8.90. The van der Waals surface area contributed by atoms with E-state index >= 15 is 4.39 Å². The van der Waals surface area contributed by atoms with E-state index in [0.29, 0.717) is 45.7 Å². The van der Waals surface area contributed by atoms with Gasteiger partial charge in [0.15, 0.2) is 0 Å². The van der Waals surface area contributed by atoms with Crippen LogP contribution in [0.1, 0.15) is 49.5 Å². The maximum atomic E-state index is 15.1. The average Bonchev–Trinajstić information content (AvgIpc) is 3.34. The summed E-state index contributed by atoms with van der Waals surface area (Å²) in [6, 6.07) is 12.6. The van der Waals surface area contributed by atoms with Crippen LogP contribution in [0.25, 0.3) is 22.2 Å². The molecule has 0 amide bonds. The molecule has 0 bridgehead atoms. The Morgan fingerprint density at radius 1 is 1.14 bits per heavy atom. The van der Waals surface area contributed by atoms with Gasteiger partial charge in [-0.15, -0.1) is 0 Å². The summed E-state index contributed by atoms with van der Waals surface area (Å²) in [5.41, 5.74) is 1.82. The van der Waals surface area contributed by atoms with Gasteiger partial charge < -0.3 is 19.1 Å². The number of alkyl halides is 2. The number of methoxy groups -OCH3 is 1. The van der Waals surface area contributed by atoms with E-state index < -0.39 is 30.2 Å². The molecule has 0 radical (unpaired) electrons. The number of aliphatic hydroxyl groups is 1. The van der Waals surface area contributed by atoms with Gasteiger partial charge in [-0.1, -0.05) is 24.3 Å². The highest BCUT2D eigenvalue weighted by Gasteiger charge is 2.37. The van der Waals surface area contributed by atoms with Crippen molar-refractivity contribution in [2.75, 3.05) is 7.11 Å². The monoisotopic (exact) mass is 483 g/mol. The van der Waals surface area contributed by atoms with E-state index in [0.717, 1.165) is 0 Å². The first-order valence-electron chi connectivity index (χ1n) is 11.1. The summed E-state index contributed by atoms with van der Waals surface area (Å²) in [5.74, 6) is 0.191. The summed E-state index contributed by atoms with van der Waals surface area (Å²) >= 11 is 0. The number of hydrogen-bond acceptors (Lipinski definition) is 5. The van der Waals surface area contributed by atoms with Gasteiger partial charge in [-0.2, -0.15) is 8.78 Å². The van der Waals surface area contributed by atoms with Crippen LogP contribution in [-0.4, -0.2) is 33.4 Å². The molecular formula is C26H24F3N3O3. The van der Waals surface area contributed by atoms with Crippen LogP contribution >= 0.6 is 0 Å². The number of benzene rings is 2. The largest absolute Gasteiger partial charge is 0.434 e. The third-order valence-corrected chi connectivity index (χ3v) is 6.32. The highest BCUT2D eigenvalue weighted by atomic mass is 19.3. The number of rotatable bonds is 6. The molecule has 2 aromatic carbocycles. The molecule has 182 valence electrons. The van der Waals surface area contributed by atoms with Crippen LogP contribution in [0.2, 0.25) is 0 Å². The minimum Gasteiger partial charge on any atom is -0.434 e. The van der Waals surface area contributed by atoms with Crippen molar-refractivity contribution in [3.8, 4) is 16.9 Å². The molecule has 0 spiro atoms. The Balaban J connectivity index is 1.65. The Hall–Kier alpha value is -3.43. The number of imidazole rings is 1. The minimum atomic E-state index is -2.96. The third-order valence-electron chi connectivity index (χ3n) is 6.32. The fourth-order valence-corrected chi connectivity index (χ4v) is 4.67. The topological polar surface area (TPSA) is 69.4 Å². The molecule has 0 unspecified atom stereocenters. The van der Waals surface area contributed by atoms with Crippen molar-refractivity contribution in [1.82, 2.24) is 14.5 Å². The van der Waals surface area contributed by atoms with Gasteiger partial charge in [-0.25, -0.2) is 9.37 Å². The molecule has 35 heavy (non-hydrogen) atoms. The number of aromatic nitrogens is 3. The first kappa shape index (κ1) is 23.3. The van der Waals surface area contributed by atoms with Gasteiger partial charge >= 0.3 is 6.61 Å². The fraction of sp³-hybridized carbons (Fsp3) is 0.308. The van der Waals surface area contributed by atoms with E-state index in [1.807, 2.05) is 4.57 Å². The van der Waals surface area contributed by atoms with Gasteiger partial charge in [-0.3, -0.25) is 4.98 Å². The standard InChI is InChI=1S/C26H24F3N3O3/c1-26(2,33)23-9-8-14(13-30-23)16-10-20-18(11-17(16)27)31-24-22(34-3)12-19(32(20)24)15-6-4-5-7-21(15)35-25(28)29/h4-11,13,19,22,25,33H,12H2,1-3H3/t19-,22-/m1/s1. The second-order valence-electron chi connectivity index (χ2n) is 9.04. The van der Waals surface area contributed by atoms with Crippen molar-refractivity contribution in [2.24, 2.45) is 0 Å². The predicted molar refractivity (Wildman–Crippen MR) is 124 cm³/mol. The summed E-state index contributed by atoms with van der Waals surface area (Å²) in [6.45, 7) is 0.285. The number of nitrogens with zero attached hydrogens (tertiary/aromatic N) is 3. The molecule has 3 heterocycles. The smallest absolute Gasteiger partial charge is 0.387 e. The van der Waals surface area contributed by atoms with Gasteiger partial charge in [0.25, 0.3) is 0 Å². The van der Waals surface area contributed by atoms with Crippen molar-refractivity contribution in [2.45, 2.75) is 44.6 Å². The van der Waals surface area contributed by atoms with Crippen LogP contribution in [0.15, 0.2) is 54.7 Å². The molecule has 0 saturated carbocycles. The molecule has 1 N–H and O–H groups in total. The number of pyridine rings is 1. The summed E-state index contributed by atoms with van der Waals surface area (Å²) < 4.78 is 53.6. The van der Waals surface area contributed by atoms with Crippen LogP contribution in [0.5, 0.6) is 5.75 Å². The first-order chi connectivity index (χ1) is 16.7. The fourth-order valence-electron chi connectivity index (χ4n) is 4.67. The Morgan fingerprint density at radius 2 is 1.91 bits per heavy atom. The van der Waals surface area contributed by atoms with E-state index in [4.69, 9.17) is 9.47 Å². The highest BCUT2D eigenvalue weighted by molar-refractivity contribution is 5.83. The maximum Gasteiger partial charge on any atom is 0.387 e. The molecule has 1 aliphatic rings. The molecular weight excluding hydrogens is 459 g/mol. The van der Waals surface area contributed by atoms with Gasteiger partial charge in [-0.05, 0) is 32.0 Å². The highest BCUT2D eigenvalue weighted by Crippen LogP contribution is 2.46. The zero-order chi connectivity index (χ0) is 24.9. The summed E-state index contributed by atoms with van der Waals surface area (Å²) in [7, 11) is 1.56. The zero-order valence-electron chi connectivity index (χ0n) is 19.4. The van der Waals surface area contributed by atoms with E-state index in [9.17, 15) is 13.9 Å². The summed E-state index contributed by atoms with van der Waals surface area (Å²) in [6.07, 6.45) is 1.58. The lowest BCUT2D eigenvalue weighted by Crippen LogP contribution is -2.17. The average molecular weight is 483 g/mol. The Bertz CT molecular complexity index is 1380. The molecule has 2 atom stereocenters. The Morgan fingerprint density at radius 3 is 2.57 bits per heavy atom. The zero-order valence-corrected chi connectivity index (χ0v) is 19.4. The molecule has 5 rings (SSSR count). The molecule has 0 aliphatic carbocycles.